The lowest BCUT2D eigenvalue weighted by molar-refractivity contribution is -0.136. The molecule has 4 rings (SSSR count). The number of hydrogen-bond acceptors (Lipinski definition) is 4. The predicted octanol–water partition coefficient (Wildman–Crippen LogP) is 3.09. The highest BCUT2D eigenvalue weighted by Gasteiger charge is 2.30. The molecule has 0 saturated heterocycles. The van der Waals surface area contributed by atoms with Crippen molar-refractivity contribution in [3.63, 3.8) is 0 Å². The van der Waals surface area contributed by atoms with Crippen molar-refractivity contribution in [1.82, 2.24) is 14.9 Å². The first-order chi connectivity index (χ1) is 13.0. The number of rotatable bonds is 4. The van der Waals surface area contributed by atoms with E-state index in [9.17, 15) is 4.79 Å². The third kappa shape index (κ3) is 3.35. The summed E-state index contributed by atoms with van der Waals surface area (Å²) in [6.45, 7) is 2.84. The van der Waals surface area contributed by atoms with Gasteiger partial charge in [-0.15, -0.1) is 0 Å². The van der Waals surface area contributed by atoms with Crippen LogP contribution in [0.25, 0.3) is 11.0 Å². The topological polar surface area (TPSA) is 67.5 Å². The maximum Gasteiger partial charge on any atom is 0.229 e. The van der Waals surface area contributed by atoms with Crippen molar-refractivity contribution in [2.75, 3.05) is 20.8 Å². The van der Waals surface area contributed by atoms with Crippen molar-refractivity contribution in [3.05, 3.63) is 53.3 Å². The number of fused-ring (bicyclic) bond motifs is 2. The van der Waals surface area contributed by atoms with Crippen molar-refractivity contribution in [1.29, 1.82) is 0 Å². The highest BCUT2D eigenvalue weighted by atomic mass is 16.5. The third-order valence-corrected chi connectivity index (χ3v) is 4.97. The van der Waals surface area contributed by atoms with Crippen molar-refractivity contribution >= 4 is 16.9 Å². The van der Waals surface area contributed by atoms with E-state index in [0.29, 0.717) is 25.3 Å². The number of ether oxygens (including phenoxy) is 2. The summed E-state index contributed by atoms with van der Waals surface area (Å²) in [7, 11) is 3.43. The fourth-order valence-corrected chi connectivity index (χ4v) is 3.58. The molecule has 0 aliphatic carbocycles. The number of aromatic nitrogens is 2. The number of H-pyrrole nitrogens is 1. The lowest BCUT2D eigenvalue weighted by Gasteiger charge is -2.28. The normalized spacial score (nSPS) is 15.9. The van der Waals surface area contributed by atoms with Crippen LogP contribution in [0.3, 0.4) is 0 Å². The molecule has 0 radical (unpaired) electrons. The van der Waals surface area contributed by atoms with Crippen LogP contribution in [0, 0.1) is 12.8 Å². The summed E-state index contributed by atoms with van der Waals surface area (Å²) in [5.41, 5.74) is 4.09. The van der Waals surface area contributed by atoms with Crippen molar-refractivity contribution in [2.45, 2.75) is 19.9 Å². The summed E-state index contributed by atoms with van der Waals surface area (Å²) >= 11 is 0. The number of nitrogens with one attached hydrogen (secondary N) is 1. The number of carbonyl (C=O) groups excluding carboxylic acids is 1. The molecule has 6 heteroatoms. The monoisotopic (exact) mass is 365 g/mol. The Labute approximate surface area is 158 Å². The molecule has 1 N–H and O–H groups in total. The molecule has 3 aromatic rings. The van der Waals surface area contributed by atoms with E-state index in [1.807, 2.05) is 44.3 Å². The molecule has 140 valence electrons. The maximum atomic E-state index is 12.9. The number of nitrogens with zero attached hydrogens (tertiary/aromatic N) is 2. The molecular weight excluding hydrogens is 342 g/mol. The van der Waals surface area contributed by atoms with Gasteiger partial charge in [0.15, 0.2) is 11.5 Å². The Kier molecular flexibility index (Phi) is 4.48. The van der Waals surface area contributed by atoms with Crippen LogP contribution in [0.5, 0.6) is 11.5 Å². The van der Waals surface area contributed by atoms with Crippen LogP contribution in [0.4, 0.5) is 0 Å². The van der Waals surface area contributed by atoms with Crippen molar-refractivity contribution in [2.24, 2.45) is 5.92 Å². The first-order valence-corrected chi connectivity index (χ1v) is 9.04. The number of benzene rings is 2. The molecule has 0 unspecified atom stereocenters. The van der Waals surface area contributed by atoms with Gasteiger partial charge in [0.25, 0.3) is 0 Å². The van der Waals surface area contributed by atoms with Gasteiger partial charge in [-0.25, -0.2) is 4.98 Å². The maximum absolute atomic E-state index is 12.9. The number of aromatic amines is 1. The molecule has 0 saturated carbocycles. The minimum Gasteiger partial charge on any atom is -0.493 e. The summed E-state index contributed by atoms with van der Waals surface area (Å²) in [5.74, 6) is 2.09. The Morgan fingerprint density at radius 1 is 1.37 bits per heavy atom. The molecule has 0 spiro atoms. The van der Waals surface area contributed by atoms with E-state index in [4.69, 9.17) is 9.47 Å². The van der Waals surface area contributed by atoms with Gasteiger partial charge in [0.05, 0.1) is 30.6 Å². The standard InChI is InChI=1S/C21H23N3O3/c1-13-7-8-16-17(9-13)23-19(22-16)11-24(2)21(25)15-10-14-5-4-6-18(26-3)20(14)27-12-15/h4-9,15H,10-12H2,1-3H3,(H,22,23)/t15-/m0/s1. The van der Waals surface area contributed by atoms with Gasteiger partial charge in [-0.05, 0) is 42.7 Å². The molecule has 1 atom stereocenters. The Hall–Kier alpha value is -3.02. The molecular formula is C21H23N3O3. The highest BCUT2D eigenvalue weighted by Crippen LogP contribution is 2.36. The molecule has 1 amide bonds. The third-order valence-electron chi connectivity index (χ3n) is 4.97. The number of amides is 1. The average molecular weight is 365 g/mol. The number of carbonyl (C=O) groups is 1. The van der Waals surface area contributed by atoms with Crippen LogP contribution in [-0.2, 0) is 17.8 Å². The molecule has 0 bridgehead atoms. The summed E-state index contributed by atoms with van der Waals surface area (Å²) in [4.78, 5) is 22.5. The Morgan fingerprint density at radius 3 is 3.04 bits per heavy atom. The van der Waals surface area contributed by atoms with Gasteiger partial charge < -0.3 is 19.4 Å². The van der Waals surface area contributed by atoms with E-state index in [1.54, 1.807) is 12.0 Å². The smallest absolute Gasteiger partial charge is 0.229 e. The number of imidazole rings is 1. The lowest BCUT2D eigenvalue weighted by atomic mass is 9.95. The lowest BCUT2D eigenvalue weighted by Crippen LogP contribution is -2.38. The summed E-state index contributed by atoms with van der Waals surface area (Å²) in [5, 5.41) is 0. The molecule has 6 nitrogen and oxygen atoms in total. The highest BCUT2D eigenvalue weighted by molar-refractivity contribution is 5.80. The zero-order valence-corrected chi connectivity index (χ0v) is 15.8. The van der Waals surface area contributed by atoms with Gasteiger partial charge in [-0.3, -0.25) is 4.79 Å². The van der Waals surface area contributed by atoms with Crippen LogP contribution < -0.4 is 9.47 Å². The molecule has 2 heterocycles. The summed E-state index contributed by atoms with van der Waals surface area (Å²) in [6.07, 6.45) is 0.648. The van der Waals surface area contributed by atoms with Crippen LogP contribution in [-0.4, -0.2) is 41.5 Å². The number of hydrogen-bond donors (Lipinski definition) is 1. The van der Waals surface area contributed by atoms with Crippen LogP contribution in [0.1, 0.15) is 17.0 Å². The molecule has 0 fully saturated rings. The summed E-state index contributed by atoms with van der Waals surface area (Å²) in [6, 6.07) is 11.9. The Balaban J connectivity index is 1.47. The Morgan fingerprint density at radius 2 is 2.22 bits per heavy atom. The van der Waals surface area contributed by atoms with Gasteiger partial charge in [0.2, 0.25) is 5.91 Å². The second-order valence-corrected chi connectivity index (χ2v) is 7.06. The first kappa shape index (κ1) is 17.4. The SMILES string of the molecule is COc1cccc2c1OC[C@@H](C(=O)N(C)Cc1nc3ccc(C)cc3[nH]1)C2. The zero-order chi connectivity index (χ0) is 19.0. The van der Waals surface area contributed by atoms with Crippen LogP contribution in [0.2, 0.25) is 0 Å². The van der Waals surface area contributed by atoms with Crippen LogP contribution in [0.15, 0.2) is 36.4 Å². The predicted molar refractivity (Wildman–Crippen MR) is 103 cm³/mol. The van der Waals surface area contributed by atoms with Gasteiger partial charge in [-0.1, -0.05) is 18.2 Å². The second kappa shape index (κ2) is 6.95. The van der Waals surface area contributed by atoms with E-state index < -0.39 is 0 Å². The quantitative estimate of drug-likeness (QED) is 0.771. The Bertz CT molecular complexity index is 996. The minimum atomic E-state index is -0.207. The second-order valence-electron chi connectivity index (χ2n) is 7.06. The zero-order valence-electron chi connectivity index (χ0n) is 15.8. The fraction of sp³-hybridized carbons (Fsp3) is 0.333. The fourth-order valence-electron chi connectivity index (χ4n) is 3.58. The number of methoxy groups -OCH3 is 1. The van der Waals surface area contributed by atoms with Gasteiger partial charge in [0.1, 0.15) is 12.4 Å². The van der Waals surface area contributed by atoms with Gasteiger partial charge in [-0.2, -0.15) is 0 Å². The number of aryl methyl sites for hydroxylation is 1. The van der Waals surface area contributed by atoms with Crippen molar-refractivity contribution < 1.29 is 14.3 Å². The average Bonchev–Trinajstić information content (AvgIpc) is 3.07. The van der Waals surface area contributed by atoms with Gasteiger partial charge in [0, 0.05) is 7.05 Å². The van der Waals surface area contributed by atoms with E-state index in [-0.39, 0.29) is 11.8 Å². The molecule has 1 aliphatic rings. The van der Waals surface area contributed by atoms with Crippen molar-refractivity contribution in [3.8, 4) is 11.5 Å². The van der Waals surface area contributed by atoms with E-state index in [0.717, 1.165) is 28.2 Å². The van der Waals surface area contributed by atoms with E-state index in [2.05, 4.69) is 16.0 Å². The molecule has 2 aromatic carbocycles. The van der Waals surface area contributed by atoms with Gasteiger partial charge >= 0.3 is 0 Å². The number of para-hydroxylation sites is 1. The van der Waals surface area contributed by atoms with E-state index >= 15 is 0 Å². The van der Waals surface area contributed by atoms with Crippen LogP contribution >= 0.6 is 0 Å². The summed E-state index contributed by atoms with van der Waals surface area (Å²) < 4.78 is 11.2. The molecule has 27 heavy (non-hydrogen) atoms. The minimum absolute atomic E-state index is 0.0557. The largest absolute Gasteiger partial charge is 0.493 e. The molecule has 1 aromatic heterocycles. The molecule has 1 aliphatic heterocycles. The first-order valence-electron chi connectivity index (χ1n) is 9.04. The van der Waals surface area contributed by atoms with E-state index in [1.165, 1.54) is 5.56 Å².